The zero-order chi connectivity index (χ0) is 15.9. The molecule has 1 aromatic carbocycles. The molecule has 0 aliphatic carbocycles. The van der Waals surface area contributed by atoms with E-state index in [1.54, 1.807) is 18.9 Å². The van der Waals surface area contributed by atoms with Crippen molar-refractivity contribution in [2.75, 3.05) is 26.8 Å². The van der Waals surface area contributed by atoms with Gasteiger partial charge in [-0.3, -0.25) is 4.79 Å². The lowest BCUT2D eigenvalue weighted by molar-refractivity contribution is -0.160. The van der Waals surface area contributed by atoms with Crippen molar-refractivity contribution in [1.82, 2.24) is 4.90 Å². The fraction of sp³-hybridized carbons (Fsp3) is 0.529. The summed E-state index contributed by atoms with van der Waals surface area (Å²) in [6.07, 6.45) is 2.82. The molecule has 0 radical (unpaired) electrons. The van der Waals surface area contributed by atoms with E-state index in [1.807, 2.05) is 12.1 Å². The fourth-order valence-electron chi connectivity index (χ4n) is 2.76. The van der Waals surface area contributed by atoms with Crippen LogP contribution in [0.5, 0.6) is 5.75 Å². The van der Waals surface area contributed by atoms with Crippen LogP contribution in [0.3, 0.4) is 0 Å². The Hall–Kier alpha value is -2.04. The highest BCUT2D eigenvalue weighted by Crippen LogP contribution is 2.23. The molecule has 5 heteroatoms. The minimum atomic E-state index is -0.740. The van der Waals surface area contributed by atoms with Gasteiger partial charge in [-0.25, -0.2) is 4.79 Å². The predicted molar refractivity (Wildman–Crippen MR) is 82.6 cm³/mol. The van der Waals surface area contributed by atoms with Gasteiger partial charge in [0, 0.05) is 13.1 Å². The lowest BCUT2D eigenvalue weighted by Crippen LogP contribution is -2.43. The number of hydrogen-bond acceptors (Lipinski definition) is 4. The van der Waals surface area contributed by atoms with E-state index in [4.69, 9.17) is 9.47 Å². The van der Waals surface area contributed by atoms with Crippen molar-refractivity contribution in [1.29, 1.82) is 0 Å². The SMILES string of the molecule is CCOC(=O)C(=O)N1CCC(Cc2ccc(OC)cc2)CC1. The number of benzene rings is 1. The predicted octanol–water partition coefficient (Wildman–Crippen LogP) is 2.04. The van der Waals surface area contributed by atoms with Crippen molar-refractivity contribution in [3.63, 3.8) is 0 Å². The zero-order valence-electron chi connectivity index (χ0n) is 13.2. The van der Waals surface area contributed by atoms with E-state index in [0.717, 1.165) is 25.0 Å². The van der Waals surface area contributed by atoms with E-state index in [-0.39, 0.29) is 6.61 Å². The number of methoxy groups -OCH3 is 1. The Balaban J connectivity index is 1.81. The topological polar surface area (TPSA) is 55.8 Å². The summed E-state index contributed by atoms with van der Waals surface area (Å²) < 4.78 is 9.91. The van der Waals surface area contributed by atoms with E-state index in [2.05, 4.69) is 12.1 Å². The van der Waals surface area contributed by atoms with Crippen LogP contribution in [-0.4, -0.2) is 43.6 Å². The van der Waals surface area contributed by atoms with Crippen molar-refractivity contribution in [2.24, 2.45) is 5.92 Å². The number of piperidine rings is 1. The molecule has 5 nitrogen and oxygen atoms in total. The molecule has 0 bridgehead atoms. The van der Waals surface area contributed by atoms with Gasteiger partial charge in [0.1, 0.15) is 5.75 Å². The first-order valence-electron chi connectivity index (χ1n) is 7.73. The van der Waals surface area contributed by atoms with Gasteiger partial charge >= 0.3 is 11.9 Å². The Bertz CT molecular complexity index is 504. The first-order valence-corrected chi connectivity index (χ1v) is 7.73. The highest BCUT2D eigenvalue weighted by Gasteiger charge is 2.27. The van der Waals surface area contributed by atoms with Gasteiger partial charge in [-0.15, -0.1) is 0 Å². The summed E-state index contributed by atoms with van der Waals surface area (Å²) in [5, 5.41) is 0. The van der Waals surface area contributed by atoms with Gasteiger partial charge in [0.2, 0.25) is 0 Å². The molecule has 1 aliphatic heterocycles. The second kappa shape index (κ2) is 7.82. The van der Waals surface area contributed by atoms with Gasteiger partial charge in [-0.05, 0) is 49.8 Å². The average molecular weight is 305 g/mol. The molecular formula is C17H23NO4. The lowest BCUT2D eigenvalue weighted by Gasteiger charge is -2.31. The van der Waals surface area contributed by atoms with Crippen LogP contribution < -0.4 is 4.74 Å². The molecule has 0 unspecified atom stereocenters. The van der Waals surface area contributed by atoms with Crippen molar-refractivity contribution in [2.45, 2.75) is 26.2 Å². The third-order valence-corrected chi connectivity index (χ3v) is 4.04. The van der Waals surface area contributed by atoms with E-state index in [1.165, 1.54) is 5.56 Å². The summed E-state index contributed by atoms with van der Waals surface area (Å²) in [6, 6.07) is 8.09. The highest BCUT2D eigenvalue weighted by molar-refractivity contribution is 6.32. The van der Waals surface area contributed by atoms with Crippen LogP contribution in [0.25, 0.3) is 0 Å². The van der Waals surface area contributed by atoms with Crippen LogP contribution in [0.15, 0.2) is 24.3 Å². The highest BCUT2D eigenvalue weighted by atomic mass is 16.5. The Morgan fingerprint density at radius 3 is 2.36 bits per heavy atom. The van der Waals surface area contributed by atoms with Crippen molar-refractivity contribution in [3.8, 4) is 5.75 Å². The number of esters is 1. The van der Waals surface area contributed by atoms with Gasteiger partial charge in [0.05, 0.1) is 13.7 Å². The molecule has 22 heavy (non-hydrogen) atoms. The molecule has 1 saturated heterocycles. The van der Waals surface area contributed by atoms with Gasteiger partial charge in [0.15, 0.2) is 0 Å². The summed E-state index contributed by atoms with van der Waals surface area (Å²) in [5.74, 6) is 0.152. The van der Waals surface area contributed by atoms with E-state index in [0.29, 0.717) is 19.0 Å². The second-order valence-corrected chi connectivity index (χ2v) is 5.51. The third-order valence-electron chi connectivity index (χ3n) is 4.04. The molecule has 0 atom stereocenters. The van der Waals surface area contributed by atoms with E-state index in [9.17, 15) is 9.59 Å². The summed E-state index contributed by atoms with van der Waals surface area (Å²) in [6.45, 7) is 3.18. The Labute approximate surface area is 131 Å². The summed E-state index contributed by atoms with van der Waals surface area (Å²) in [4.78, 5) is 24.9. The maximum Gasteiger partial charge on any atom is 0.397 e. The van der Waals surface area contributed by atoms with Gasteiger partial charge in [-0.2, -0.15) is 0 Å². The van der Waals surface area contributed by atoms with Crippen LogP contribution in [-0.2, 0) is 20.7 Å². The van der Waals surface area contributed by atoms with E-state index >= 15 is 0 Å². The Morgan fingerprint density at radius 1 is 1.18 bits per heavy atom. The quantitative estimate of drug-likeness (QED) is 0.631. The van der Waals surface area contributed by atoms with Crippen molar-refractivity contribution >= 4 is 11.9 Å². The summed E-state index contributed by atoms with van der Waals surface area (Å²) >= 11 is 0. The molecule has 0 spiro atoms. The summed E-state index contributed by atoms with van der Waals surface area (Å²) in [7, 11) is 1.66. The van der Waals surface area contributed by atoms with Gasteiger partial charge < -0.3 is 14.4 Å². The van der Waals surface area contributed by atoms with Crippen LogP contribution in [0.2, 0.25) is 0 Å². The monoisotopic (exact) mass is 305 g/mol. The molecule has 0 aromatic heterocycles. The smallest absolute Gasteiger partial charge is 0.397 e. The van der Waals surface area contributed by atoms with E-state index < -0.39 is 11.9 Å². The fourth-order valence-corrected chi connectivity index (χ4v) is 2.76. The largest absolute Gasteiger partial charge is 0.497 e. The molecule has 1 heterocycles. The minimum absolute atomic E-state index is 0.235. The number of carbonyl (C=O) groups is 2. The number of hydrogen-bond donors (Lipinski definition) is 0. The van der Waals surface area contributed by atoms with Crippen LogP contribution in [0, 0.1) is 5.92 Å². The summed E-state index contributed by atoms with van der Waals surface area (Å²) in [5.41, 5.74) is 1.27. The third kappa shape index (κ3) is 4.23. The number of carbonyl (C=O) groups excluding carboxylic acids is 2. The first-order chi connectivity index (χ1) is 10.6. The molecule has 0 saturated carbocycles. The Morgan fingerprint density at radius 2 is 1.82 bits per heavy atom. The lowest BCUT2D eigenvalue weighted by atomic mass is 9.90. The van der Waals surface area contributed by atoms with Gasteiger partial charge in [-0.1, -0.05) is 12.1 Å². The molecule has 0 N–H and O–H groups in total. The molecule has 1 aliphatic rings. The molecule has 2 rings (SSSR count). The van der Waals surface area contributed by atoms with Crippen molar-refractivity contribution < 1.29 is 19.1 Å². The molecule has 1 fully saturated rings. The minimum Gasteiger partial charge on any atom is -0.497 e. The molecular weight excluding hydrogens is 282 g/mol. The Kier molecular flexibility index (Phi) is 5.81. The number of amides is 1. The van der Waals surface area contributed by atoms with Crippen LogP contribution in [0.1, 0.15) is 25.3 Å². The molecule has 1 aromatic rings. The zero-order valence-corrected chi connectivity index (χ0v) is 13.2. The maximum absolute atomic E-state index is 11.9. The number of rotatable bonds is 4. The first kappa shape index (κ1) is 16.3. The number of likely N-dealkylation sites (tertiary alicyclic amines) is 1. The average Bonchev–Trinajstić information content (AvgIpc) is 2.56. The standard InChI is InChI=1S/C17H23NO4/c1-3-22-17(20)16(19)18-10-8-14(9-11-18)12-13-4-6-15(21-2)7-5-13/h4-7,14H,3,8-12H2,1-2H3. The van der Waals surface area contributed by atoms with Crippen LogP contribution >= 0.6 is 0 Å². The second-order valence-electron chi connectivity index (χ2n) is 5.51. The van der Waals surface area contributed by atoms with Crippen molar-refractivity contribution in [3.05, 3.63) is 29.8 Å². The molecule has 120 valence electrons. The normalized spacial score (nSPS) is 15.5. The number of nitrogens with zero attached hydrogens (tertiary/aromatic N) is 1. The number of ether oxygens (including phenoxy) is 2. The molecule has 1 amide bonds. The maximum atomic E-state index is 11.9. The van der Waals surface area contributed by atoms with Gasteiger partial charge in [0.25, 0.3) is 0 Å². The van der Waals surface area contributed by atoms with Crippen LogP contribution in [0.4, 0.5) is 0 Å².